The van der Waals surface area contributed by atoms with Gasteiger partial charge in [0, 0.05) is 5.56 Å². The van der Waals surface area contributed by atoms with Crippen LogP contribution in [0.5, 0.6) is 0 Å². The Kier molecular flexibility index (Phi) is 5.00. The van der Waals surface area contributed by atoms with E-state index in [2.05, 4.69) is 18.7 Å². The van der Waals surface area contributed by atoms with Gasteiger partial charge in [0.25, 0.3) is 0 Å². The normalized spacial score (nSPS) is 11.6. The van der Waals surface area contributed by atoms with Gasteiger partial charge in [-0.25, -0.2) is 4.98 Å². The first-order chi connectivity index (χ1) is 12.0. The summed E-state index contributed by atoms with van der Waals surface area (Å²) < 4.78 is 2.04. The number of rotatable bonds is 6. The second-order valence-electron chi connectivity index (χ2n) is 7.04. The third-order valence-electron chi connectivity index (χ3n) is 4.39. The Hall–Kier alpha value is -2.46. The van der Waals surface area contributed by atoms with E-state index in [1.807, 2.05) is 67.2 Å². The van der Waals surface area contributed by atoms with Crippen LogP contribution < -0.4 is 0 Å². The van der Waals surface area contributed by atoms with Crippen LogP contribution in [0.2, 0.25) is 0 Å². The fourth-order valence-corrected chi connectivity index (χ4v) is 2.99. The lowest BCUT2D eigenvalue weighted by Crippen LogP contribution is -2.18. The minimum atomic E-state index is 0.110. The summed E-state index contributed by atoms with van der Waals surface area (Å²) in [4.78, 5) is 19.6. The highest BCUT2D eigenvalue weighted by Crippen LogP contribution is 2.19. The van der Waals surface area contributed by atoms with Crippen molar-refractivity contribution in [1.29, 1.82) is 0 Å². The molecule has 0 spiro atoms. The summed E-state index contributed by atoms with van der Waals surface area (Å²) >= 11 is 0. The second-order valence-corrected chi connectivity index (χ2v) is 7.04. The van der Waals surface area contributed by atoms with Crippen LogP contribution in [-0.2, 0) is 13.1 Å². The van der Waals surface area contributed by atoms with E-state index in [0.717, 1.165) is 22.4 Å². The molecule has 25 heavy (non-hydrogen) atoms. The fraction of sp³-hybridized carbons (Fsp3) is 0.333. The van der Waals surface area contributed by atoms with Gasteiger partial charge in [0.2, 0.25) is 0 Å². The number of hydrogen-bond donors (Lipinski definition) is 0. The lowest BCUT2D eigenvalue weighted by atomic mass is 10.0. The average Bonchev–Trinajstić information content (AvgIpc) is 2.91. The number of aromatic nitrogens is 2. The zero-order chi connectivity index (χ0) is 18.0. The average molecular weight is 335 g/mol. The Balaban J connectivity index is 1.92. The molecule has 0 aliphatic heterocycles. The number of imidazole rings is 1. The van der Waals surface area contributed by atoms with Gasteiger partial charge >= 0.3 is 0 Å². The van der Waals surface area contributed by atoms with Crippen molar-refractivity contribution in [3.63, 3.8) is 0 Å². The monoisotopic (exact) mass is 335 g/mol. The van der Waals surface area contributed by atoms with Crippen molar-refractivity contribution in [3.8, 4) is 0 Å². The van der Waals surface area contributed by atoms with Crippen LogP contribution in [0.3, 0.4) is 0 Å². The van der Waals surface area contributed by atoms with Gasteiger partial charge in [-0.15, -0.1) is 0 Å². The molecule has 2 aromatic carbocycles. The topological polar surface area (TPSA) is 38.1 Å². The number of benzene rings is 2. The summed E-state index contributed by atoms with van der Waals surface area (Å²) in [6.07, 6.45) is 0. The van der Waals surface area contributed by atoms with Gasteiger partial charge < -0.3 is 9.47 Å². The van der Waals surface area contributed by atoms with Gasteiger partial charge in [0.1, 0.15) is 5.82 Å². The largest absolute Gasteiger partial charge is 0.319 e. The van der Waals surface area contributed by atoms with Crippen molar-refractivity contribution >= 4 is 16.8 Å². The Morgan fingerprint density at radius 1 is 1.08 bits per heavy atom. The standard InChI is InChI=1S/C21H25N3O/c1-15(2)16-9-11-17(12-10-16)20(25)13-24-19-8-6-5-7-18(19)22-21(24)14-23(3)4/h5-12,15H,13-14H2,1-4H3. The van der Waals surface area contributed by atoms with Gasteiger partial charge in [-0.3, -0.25) is 4.79 Å². The molecule has 3 rings (SSSR count). The fourth-order valence-electron chi connectivity index (χ4n) is 2.99. The van der Waals surface area contributed by atoms with Crippen LogP contribution in [0.4, 0.5) is 0 Å². The molecule has 0 amide bonds. The summed E-state index contributed by atoms with van der Waals surface area (Å²) in [5.74, 6) is 1.49. The molecule has 1 aromatic heterocycles. The quantitative estimate of drug-likeness (QED) is 0.637. The van der Waals surface area contributed by atoms with Crippen LogP contribution in [-0.4, -0.2) is 34.3 Å². The number of carbonyl (C=O) groups is 1. The first-order valence-electron chi connectivity index (χ1n) is 8.67. The molecular weight excluding hydrogens is 310 g/mol. The lowest BCUT2D eigenvalue weighted by Gasteiger charge is -2.13. The molecule has 0 unspecified atom stereocenters. The number of nitrogens with zero attached hydrogens (tertiary/aromatic N) is 3. The molecule has 1 heterocycles. The second kappa shape index (κ2) is 7.19. The van der Waals surface area contributed by atoms with Crippen molar-refractivity contribution in [1.82, 2.24) is 14.5 Å². The highest BCUT2D eigenvalue weighted by molar-refractivity contribution is 5.96. The van der Waals surface area contributed by atoms with Gasteiger partial charge in [-0.2, -0.15) is 0 Å². The van der Waals surface area contributed by atoms with E-state index in [9.17, 15) is 4.79 Å². The lowest BCUT2D eigenvalue weighted by molar-refractivity contribution is 0.0971. The van der Waals surface area contributed by atoms with Crippen molar-refractivity contribution < 1.29 is 4.79 Å². The molecule has 4 heteroatoms. The summed E-state index contributed by atoms with van der Waals surface area (Å²) in [6.45, 7) is 5.32. The molecule has 0 atom stereocenters. The predicted octanol–water partition coefficient (Wildman–Crippen LogP) is 4.10. The molecular formula is C21H25N3O. The molecule has 0 N–H and O–H groups in total. The molecule has 0 saturated heterocycles. The number of para-hydroxylation sites is 2. The van der Waals surface area contributed by atoms with E-state index in [0.29, 0.717) is 19.0 Å². The van der Waals surface area contributed by atoms with Crippen LogP contribution in [0, 0.1) is 0 Å². The summed E-state index contributed by atoms with van der Waals surface area (Å²) in [5, 5.41) is 0. The Bertz CT molecular complexity index is 876. The van der Waals surface area contributed by atoms with Gasteiger partial charge in [0.05, 0.1) is 24.1 Å². The van der Waals surface area contributed by atoms with E-state index in [-0.39, 0.29) is 5.78 Å². The van der Waals surface area contributed by atoms with E-state index in [4.69, 9.17) is 4.98 Å². The van der Waals surface area contributed by atoms with Crippen molar-refractivity contribution in [2.24, 2.45) is 0 Å². The third kappa shape index (κ3) is 3.80. The summed E-state index contributed by atoms with van der Waals surface area (Å²) in [7, 11) is 4.02. The smallest absolute Gasteiger partial charge is 0.182 e. The van der Waals surface area contributed by atoms with Crippen molar-refractivity contribution in [2.45, 2.75) is 32.9 Å². The van der Waals surface area contributed by atoms with E-state index in [1.165, 1.54) is 5.56 Å². The zero-order valence-corrected chi connectivity index (χ0v) is 15.4. The Morgan fingerprint density at radius 3 is 2.40 bits per heavy atom. The highest BCUT2D eigenvalue weighted by atomic mass is 16.1. The van der Waals surface area contributed by atoms with Crippen LogP contribution >= 0.6 is 0 Å². The number of Topliss-reactive ketones (excluding diaryl/α,β-unsaturated/α-hetero) is 1. The highest BCUT2D eigenvalue weighted by Gasteiger charge is 2.15. The minimum absolute atomic E-state index is 0.110. The molecule has 3 aromatic rings. The molecule has 4 nitrogen and oxygen atoms in total. The maximum Gasteiger partial charge on any atom is 0.182 e. The molecule has 0 saturated carbocycles. The van der Waals surface area contributed by atoms with Crippen molar-refractivity contribution in [3.05, 3.63) is 65.5 Å². The summed E-state index contributed by atoms with van der Waals surface area (Å²) in [6, 6.07) is 15.9. The van der Waals surface area contributed by atoms with E-state index >= 15 is 0 Å². The third-order valence-corrected chi connectivity index (χ3v) is 4.39. The first kappa shape index (κ1) is 17.4. The molecule has 0 aliphatic rings. The number of hydrogen-bond acceptors (Lipinski definition) is 3. The van der Waals surface area contributed by atoms with E-state index < -0.39 is 0 Å². The zero-order valence-electron chi connectivity index (χ0n) is 15.4. The number of ketones is 1. The van der Waals surface area contributed by atoms with Crippen LogP contribution in [0.25, 0.3) is 11.0 Å². The Morgan fingerprint density at radius 2 is 1.76 bits per heavy atom. The maximum absolute atomic E-state index is 12.8. The van der Waals surface area contributed by atoms with Crippen molar-refractivity contribution in [2.75, 3.05) is 14.1 Å². The molecule has 0 fully saturated rings. The SMILES string of the molecule is CC(C)c1ccc(C(=O)Cn2c(CN(C)C)nc3ccccc32)cc1. The van der Waals surface area contributed by atoms with E-state index in [1.54, 1.807) is 0 Å². The molecule has 0 bridgehead atoms. The van der Waals surface area contributed by atoms with Gasteiger partial charge in [-0.05, 0) is 37.7 Å². The molecule has 130 valence electrons. The van der Waals surface area contributed by atoms with Crippen LogP contribution in [0.15, 0.2) is 48.5 Å². The molecule has 0 aliphatic carbocycles. The number of fused-ring (bicyclic) bond motifs is 1. The van der Waals surface area contributed by atoms with Crippen LogP contribution in [0.1, 0.15) is 41.5 Å². The Labute approximate surface area is 149 Å². The predicted molar refractivity (Wildman–Crippen MR) is 102 cm³/mol. The van der Waals surface area contributed by atoms with Gasteiger partial charge in [0.15, 0.2) is 5.78 Å². The first-order valence-corrected chi connectivity index (χ1v) is 8.67. The minimum Gasteiger partial charge on any atom is -0.319 e. The maximum atomic E-state index is 12.8. The molecule has 0 radical (unpaired) electrons. The number of carbonyl (C=O) groups excluding carboxylic acids is 1. The summed E-state index contributed by atoms with van der Waals surface area (Å²) in [5.41, 5.74) is 3.93. The van der Waals surface area contributed by atoms with Gasteiger partial charge in [-0.1, -0.05) is 50.2 Å².